The standard InChI is InChI=1S/C6H14NO2S/c1-2-3-4-5-10(8,9)6-7/h6H,2-5,7H2,1H3. The van der Waals surface area contributed by atoms with Crippen molar-refractivity contribution in [3.8, 4) is 0 Å². The van der Waals surface area contributed by atoms with E-state index in [0.717, 1.165) is 18.7 Å². The van der Waals surface area contributed by atoms with Crippen LogP contribution in [0.5, 0.6) is 0 Å². The Morgan fingerprint density at radius 3 is 2.40 bits per heavy atom. The van der Waals surface area contributed by atoms with Crippen LogP contribution in [0.15, 0.2) is 0 Å². The van der Waals surface area contributed by atoms with Gasteiger partial charge in [0, 0.05) is 0 Å². The second-order valence-electron chi connectivity index (χ2n) is 2.21. The maximum atomic E-state index is 10.7. The van der Waals surface area contributed by atoms with Crippen molar-refractivity contribution in [3.63, 3.8) is 0 Å². The number of unbranched alkanes of at least 4 members (excludes halogenated alkanes) is 2. The van der Waals surface area contributed by atoms with Crippen LogP contribution in [0.25, 0.3) is 0 Å². The first-order valence-corrected chi connectivity index (χ1v) is 5.11. The maximum absolute atomic E-state index is 10.7. The average molecular weight is 164 g/mol. The van der Waals surface area contributed by atoms with Gasteiger partial charge in [-0.15, -0.1) is 0 Å². The van der Waals surface area contributed by atoms with Gasteiger partial charge in [0.2, 0.25) is 0 Å². The van der Waals surface area contributed by atoms with Gasteiger partial charge >= 0.3 is 0 Å². The third-order valence-corrected chi connectivity index (χ3v) is 2.51. The molecule has 4 heteroatoms. The Kier molecular flexibility index (Phi) is 4.64. The van der Waals surface area contributed by atoms with Crippen LogP contribution in [0, 0.1) is 5.88 Å². The summed E-state index contributed by atoms with van der Waals surface area (Å²) in [6, 6.07) is 0. The molecule has 0 saturated carbocycles. The summed E-state index contributed by atoms with van der Waals surface area (Å²) in [5, 5.41) is 0. The molecule has 0 heterocycles. The highest BCUT2D eigenvalue weighted by molar-refractivity contribution is 7.93. The maximum Gasteiger partial charge on any atom is 0.168 e. The van der Waals surface area contributed by atoms with Crippen LogP contribution in [-0.4, -0.2) is 14.2 Å². The number of nitrogens with two attached hydrogens (primary N) is 1. The smallest absolute Gasteiger partial charge is 0.168 e. The predicted molar refractivity (Wildman–Crippen MR) is 41.8 cm³/mol. The largest absolute Gasteiger partial charge is 0.313 e. The van der Waals surface area contributed by atoms with Crippen molar-refractivity contribution in [2.24, 2.45) is 5.73 Å². The number of hydrogen-bond acceptors (Lipinski definition) is 3. The lowest BCUT2D eigenvalue weighted by Gasteiger charge is -1.97. The van der Waals surface area contributed by atoms with Crippen molar-refractivity contribution >= 4 is 9.84 Å². The molecule has 0 aromatic rings. The molecule has 0 unspecified atom stereocenters. The van der Waals surface area contributed by atoms with Crippen LogP contribution in [0.2, 0.25) is 0 Å². The van der Waals surface area contributed by atoms with Crippen molar-refractivity contribution in [2.45, 2.75) is 26.2 Å². The van der Waals surface area contributed by atoms with Gasteiger partial charge in [0.1, 0.15) is 5.88 Å². The number of rotatable bonds is 5. The van der Waals surface area contributed by atoms with Crippen LogP contribution < -0.4 is 5.73 Å². The Morgan fingerprint density at radius 2 is 2.00 bits per heavy atom. The molecule has 10 heavy (non-hydrogen) atoms. The predicted octanol–water partition coefficient (Wildman–Crippen LogP) is 0.669. The fourth-order valence-corrected chi connectivity index (χ4v) is 1.36. The Morgan fingerprint density at radius 1 is 1.40 bits per heavy atom. The van der Waals surface area contributed by atoms with Gasteiger partial charge in [-0.25, -0.2) is 8.42 Å². The molecule has 0 amide bonds. The first-order chi connectivity index (χ1) is 4.62. The first kappa shape index (κ1) is 9.91. The van der Waals surface area contributed by atoms with E-state index in [1.165, 1.54) is 0 Å². The summed E-state index contributed by atoms with van der Waals surface area (Å²) in [6.07, 6.45) is 2.69. The summed E-state index contributed by atoms with van der Waals surface area (Å²) in [4.78, 5) is 0. The van der Waals surface area contributed by atoms with Gasteiger partial charge in [0.15, 0.2) is 9.84 Å². The van der Waals surface area contributed by atoms with Crippen LogP contribution in [0.4, 0.5) is 0 Å². The van der Waals surface area contributed by atoms with Gasteiger partial charge in [-0.3, -0.25) is 0 Å². The number of sulfone groups is 1. The summed E-state index contributed by atoms with van der Waals surface area (Å²) in [5.74, 6) is 0.972. The van der Waals surface area contributed by atoms with E-state index in [1.807, 2.05) is 6.92 Å². The summed E-state index contributed by atoms with van der Waals surface area (Å²) >= 11 is 0. The van der Waals surface area contributed by atoms with Crippen LogP contribution in [0.1, 0.15) is 26.2 Å². The number of hydrogen-bond donors (Lipinski definition) is 1. The quantitative estimate of drug-likeness (QED) is 0.607. The lowest BCUT2D eigenvalue weighted by atomic mass is 10.3. The molecule has 0 rings (SSSR count). The average Bonchev–Trinajstić information content (AvgIpc) is 1.89. The van der Waals surface area contributed by atoms with Crippen molar-refractivity contribution in [2.75, 3.05) is 5.75 Å². The lowest BCUT2D eigenvalue weighted by Crippen LogP contribution is -2.11. The van der Waals surface area contributed by atoms with Crippen LogP contribution in [0.3, 0.4) is 0 Å². The summed E-state index contributed by atoms with van der Waals surface area (Å²) in [7, 11) is -3.04. The third kappa shape index (κ3) is 4.76. The highest BCUT2D eigenvalue weighted by atomic mass is 32.2. The van der Waals surface area contributed by atoms with E-state index in [9.17, 15) is 8.42 Å². The van der Waals surface area contributed by atoms with Crippen molar-refractivity contribution < 1.29 is 8.42 Å². The van der Waals surface area contributed by atoms with Gasteiger partial charge in [-0.1, -0.05) is 19.8 Å². The molecule has 0 fully saturated rings. The van der Waals surface area contributed by atoms with E-state index >= 15 is 0 Å². The minimum absolute atomic E-state index is 0.192. The zero-order valence-electron chi connectivity index (χ0n) is 6.21. The van der Waals surface area contributed by atoms with Crippen molar-refractivity contribution in [1.29, 1.82) is 0 Å². The summed E-state index contributed by atoms with van der Waals surface area (Å²) in [5.41, 5.74) is 4.88. The van der Waals surface area contributed by atoms with Gasteiger partial charge in [0.25, 0.3) is 0 Å². The van der Waals surface area contributed by atoms with Gasteiger partial charge in [-0.2, -0.15) is 0 Å². The fourth-order valence-electron chi connectivity index (χ4n) is 0.621. The molecule has 2 N–H and O–H groups in total. The second kappa shape index (κ2) is 4.68. The monoisotopic (exact) mass is 164 g/mol. The molecule has 0 aliphatic heterocycles. The SMILES string of the molecule is CCCCCS(=O)(=O)[CH]N. The molecule has 0 aromatic heterocycles. The zero-order chi connectivity index (χ0) is 8.04. The van der Waals surface area contributed by atoms with Crippen LogP contribution >= 0.6 is 0 Å². The van der Waals surface area contributed by atoms with E-state index in [-0.39, 0.29) is 5.75 Å². The molecule has 0 bridgehead atoms. The van der Waals surface area contributed by atoms with Gasteiger partial charge < -0.3 is 5.73 Å². The first-order valence-electron chi connectivity index (χ1n) is 3.40. The molecular weight excluding hydrogens is 150 g/mol. The molecule has 1 radical (unpaired) electrons. The Bertz CT molecular complexity index is 163. The molecular formula is C6H14NO2S. The third-order valence-electron chi connectivity index (χ3n) is 1.24. The minimum Gasteiger partial charge on any atom is -0.313 e. The van der Waals surface area contributed by atoms with E-state index < -0.39 is 9.84 Å². The highest BCUT2D eigenvalue weighted by Gasteiger charge is 2.06. The van der Waals surface area contributed by atoms with E-state index in [0.29, 0.717) is 6.42 Å². The summed E-state index contributed by atoms with van der Waals surface area (Å²) in [6.45, 7) is 2.03. The topological polar surface area (TPSA) is 60.2 Å². The van der Waals surface area contributed by atoms with E-state index in [4.69, 9.17) is 5.73 Å². The molecule has 0 saturated heterocycles. The molecule has 61 valence electrons. The van der Waals surface area contributed by atoms with Gasteiger partial charge in [-0.05, 0) is 6.42 Å². The normalized spacial score (nSPS) is 11.8. The highest BCUT2D eigenvalue weighted by Crippen LogP contribution is 1.99. The Hall–Kier alpha value is -0.0900. The van der Waals surface area contributed by atoms with Crippen molar-refractivity contribution in [3.05, 3.63) is 5.88 Å². The molecule has 0 aromatic carbocycles. The van der Waals surface area contributed by atoms with Crippen molar-refractivity contribution in [1.82, 2.24) is 0 Å². The lowest BCUT2D eigenvalue weighted by molar-refractivity contribution is 0.596. The molecule has 3 nitrogen and oxygen atoms in total. The molecule has 0 spiro atoms. The minimum atomic E-state index is -3.04. The molecule has 0 aliphatic carbocycles. The van der Waals surface area contributed by atoms with E-state index in [2.05, 4.69) is 0 Å². The van der Waals surface area contributed by atoms with E-state index in [1.54, 1.807) is 0 Å². The van der Waals surface area contributed by atoms with Crippen LogP contribution in [-0.2, 0) is 9.84 Å². The Labute approximate surface area is 62.5 Å². The molecule has 0 atom stereocenters. The molecule has 0 aliphatic rings. The zero-order valence-corrected chi connectivity index (χ0v) is 7.02. The Balaban J connectivity index is 3.49. The fraction of sp³-hybridized carbons (Fsp3) is 0.833. The summed E-state index contributed by atoms with van der Waals surface area (Å²) < 4.78 is 21.4. The second-order valence-corrected chi connectivity index (χ2v) is 4.22. The van der Waals surface area contributed by atoms with Gasteiger partial charge in [0.05, 0.1) is 5.75 Å².